The number of benzene rings is 2. The molecule has 0 bridgehead atoms. The number of halogens is 1. The number of hydrogen-bond acceptors (Lipinski definition) is 3. The summed E-state index contributed by atoms with van der Waals surface area (Å²) in [6, 6.07) is 8.84. The van der Waals surface area contributed by atoms with E-state index in [-0.39, 0.29) is 17.0 Å². The highest BCUT2D eigenvalue weighted by Crippen LogP contribution is 2.29. The second kappa shape index (κ2) is 6.09. The molecular weight excluding hydrogens is 309 g/mol. The van der Waals surface area contributed by atoms with E-state index in [2.05, 4.69) is 0 Å². The lowest BCUT2D eigenvalue weighted by molar-refractivity contribution is -0.872. The van der Waals surface area contributed by atoms with Gasteiger partial charge in [0.2, 0.25) is 5.43 Å². The third-order valence-corrected chi connectivity index (χ3v) is 3.98. The Labute approximate surface area is 138 Å². The van der Waals surface area contributed by atoms with Crippen molar-refractivity contribution in [2.75, 3.05) is 14.1 Å². The second-order valence-electron chi connectivity index (χ2n) is 6.19. The molecule has 0 aliphatic carbocycles. The Morgan fingerprint density at radius 2 is 1.79 bits per heavy atom. The van der Waals surface area contributed by atoms with Gasteiger partial charge in [-0.3, -0.25) is 4.79 Å². The third-order valence-electron chi connectivity index (χ3n) is 3.98. The molecule has 0 aliphatic heterocycles. The number of aryl methyl sites for hydroxylation is 1. The molecule has 0 saturated carbocycles. The Morgan fingerprint density at radius 1 is 1.12 bits per heavy atom. The van der Waals surface area contributed by atoms with Gasteiger partial charge in [-0.25, -0.2) is 4.39 Å². The maximum Gasteiger partial charge on any atom is 0.200 e. The summed E-state index contributed by atoms with van der Waals surface area (Å²) in [6.45, 7) is 2.23. The number of phenolic OH excluding ortho intramolecular Hbond substituents is 1. The fourth-order valence-corrected chi connectivity index (χ4v) is 2.89. The molecule has 0 atom stereocenters. The van der Waals surface area contributed by atoms with Crippen molar-refractivity contribution in [2.24, 2.45) is 0 Å². The fourth-order valence-electron chi connectivity index (χ4n) is 2.89. The van der Waals surface area contributed by atoms with Crippen LogP contribution in [0.25, 0.3) is 22.1 Å². The van der Waals surface area contributed by atoms with Crippen LogP contribution < -0.4 is 10.3 Å². The van der Waals surface area contributed by atoms with Gasteiger partial charge in [-0.2, -0.15) is 0 Å². The molecule has 0 amide bonds. The summed E-state index contributed by atoms with van der Waals surface area (Å²) in [7, 11) is 3.91. The molecule has 4 nitrogen and oxygen atoms in total. The smallest absolute Gasteiger partial charge is 0.200 e. The molecule has 0 aliphatic rings. The lowest BCUT2D eigenvalue weighted by Crippen LogP contribution is -3.04. The van der Waals surface area contributed by atoms with E-state index in [0.29, 0.717) is 40.0 Å². The first-order valence-corrected chi connectivity index (χ1v) is 7.71. The average molecular weight is 328 g/mol. The van der Waals surface area contributed by atoms with Gasteiger partial charge in [0.1, 0.15) is 23.9 Å². The van der Waals surface area contributed by atoms with E-state index in [0.717, 1.165) is 4.90 Å². The van der Waals surface area contributed by atoms with Gasteiger partial charge in [0.25, 0.3) is 0 Å². The Kier molecular flexibility index (Phi) is 4.11. The zero-order valence-electron chi connectivity index (χ0n) is 13.8. The number of rotatable bonds is 3. The zero-order chi connectivity index (χ0) is 17.4. The van der Waals surface area contributed by atoms with Gasteiger partial charge >= 0.3 is 0 Å². The maximum absolute atomic E-state index is 13.1. The number of phenols is 1. The molecule has 0 radical (unpaired) electrons. The lowest BCUT2D eigenvalue weighted by Gasteiger charge is -2.13. The minimum Gasteiger partial charge on any atom is -0.507 e. The summed E-state index contributed by atoms with van der Waals surface area (Å²) in [4.78, 5) is 14.0. The van der Waals surface area contributed by atoms with Crippen LogP contribution in [0.3, 0.4) is 0 Å². The summed E-state index contributed by atoms with van der Waals surface area (Å²) < 4.78 is 19.0. The highest BCUT2D eigenvalue weighted by molar-refractivity contribution is 5.86. The van der Waals surface area contributed by atoms with Crippen LogP contribution in [0.2, 0.25) is 0 Å². The summed E-state index contributed by atoms with van der Waals surface area (Å²) in [5.41, 5.74) is 1.85. The maximum atomic E-state index is 13.1. The van der Waals surface area contributed by atoms with Crippen molar-refractivity contribution in [1.29, 1.82) is 0 Å². The molecule has 3 rings (SSSR count). The number of quaternary nitrogens is 1. The summed E-state index contributed by atoms with van der Waals surface area (Å²) in [6.07, 6.45) is 0. The Balaban J connectivity index is 2.31. The fraction of sp³-hybridized carbons (Fsp3) is 0.211. The van der Waals surface area contributed by atoms with E-state index in [1.54, 1.807) is 25.1 Å². The van der Waals surface area contributed by atoms with E-state index < -0.39 is 0 Å². The number of fused-ring (bicyclic) bond motifs is 1. The van der Waals surface area contributed by atoms with E-state index in [4.69, 9.17) is 4.42 Å². The molecule has 3 aromatic rings. The standard InChI is InChI=1S/C19H18FNO3/c1-11-17(12-4-6-13(20)7-5-12)18(23)14-8-9-16(22)15(10-21(2)3)19(14)24-11/h4-9,22H,10H2,1-3H3/p+1. The van der Waals surface area contributed by atoms with Crippen LogP contribution in [-0.4, -0.2) is 19.2 Å². The molecule has 0 spiro atoms. The first kappa shape index (κ1) is 16.2. The van der Waals surface area contributed by atoms with Crippen molar-refractivity contribution in [1.82, 2.24) is 0 Å². The largest absolute Gasteiger partial charge is 0.507 e. The van der Waals surface area contributed by atoms with Gasteiger partial charge in [0.15, 0.2) is 5.58 Å². The van der Waals surface area contributed by atoms with Gasteiger partial charge < -0.3 is 14.4 Å². The van der Waals surface area contributed by atoms with Crippen molar-refractivity contribution >= 4 is 11.0 Å². The van der Waals surface area contributed by atoms with Crippen LogP contribution in [0.15, 0.2) is 45.6 Å². The van der Waals surface area contributed by atoms with E-state index in [1.807, 2.05) is 14.1 Å². The molecule has 124 valence electrons. The van der Waals surface area contributed by atoms with Crippen LogP contribution >= 0.6 is 0 Å². The second-order valence-corrected chi connectivity index (χ2v) is 6.19. The number of nitrogens with one attached hydrogen (secondary N) is 1. The summed E-state index contributed by atoms with van der Waals surface area (Å²) in [5, 5.41) is 10.6. The van der Waals surface area contributed by atoms with Gasteiger partial charge in [0.05, 0.1) is 30.6 Å². The van der Waals surface area contributed by atoms with Crippen LogP contribution in [-0.2, 0) is 6.54 Å². The molecule has 2 N–H and O–H groups in total. The van der Waals surface area contributed by atoms with Crippen LogP contribution in [0.5, 0.6) is 5.75 Å². The van der Waals surface area contributed by atoms with Crippen molar-refractivity contribution in [3.63, 3.8) is 0 Å². The average Bonchev–Trinajstić information content (AvgIpc) is 2.52. The van der Waals surface area contributed by atoms with Crippen molar-refractivity contribution < 1.29 is 18.8 Å². The topological polar surface area (TPSA) is 54.9 Å². The lowest BCUT2D eigenvalue weighted by atomic mass is 10.0. The summed E-state index contributed by atoms with van der Waals surface area (Å²) in [5.74, 6) is 0.197. The van der Waals surface area contributed by atoms with E-state index >= 15 is 0 Å². The Bertz CT molecular complexity index is 959. The van der Waals surface area contributed by atoms with E-state index in [1.165, 1.54) is 18.2 Å². The third kappa shape index (κ3) is 2.78. The Hall–Kier alpha value is -2.66. The SMILES string of the molecule is Cc1oc2c(C[NH+](C)C)c(O)ccc2c(=O)c1-c1ccc(F)cc1. The molecule has 0 fully saturated rings. The summed E-state index contributed by atoms with van der Waals surface area (Å²) >= 11 is 0. The van der Waals surface area contributed by atoms with Crippen LogP contribution in [0.1, 0.15) is 11.3 Å². The molecule has 0 saturated heterocycles. The van der Waals surface area contributed by atoms with Crippen molar-refractivity contribution in [3.05, 3.63) is 63.8 Å². The highest BCUT2D eigenvalue weighted by Gasteiger charge is 2.19. The molecule has 5 heteroatoms. The van der Waals surface area contributed by atoms with Crippen LogP contribution in [0, 0.1) is 12.7 Å². The van der Waals surface area contributed by atoms with Crippen LogP contribution in [0.4, 0.5) is 4.39 Å². The van der Waals surface area contributed by atoms with Gasteiger partial charge in [-0.15, -0.1) is 0 Å². The van der Waals surface area contributed by atoms with Crippen molar-refractivity contribution in [2.45, 2.75) is 13.5 Å². The van der Waals surface area contributed by atoms with Gasteiger partial charge in [-0.1, -0.05) is 12.1 Å². The predicted octanol–water partition coefficient (Wildman–Crippen LogP) is 2.26. The van der Waals surface area contributed by atoms with Gasteiger partial charge in [-0.05, 0) is 36.8 Å². The molecule has 1 heterocycles. The Morgan fingerprint density at radius 3 is 2.42 bits per heavy atom. The minimum absolute atomic E-state index is 0.112. The first-order valence-electron chi connectivity index (χ1n) is 7.71. The highest BCUT2D eigenvalue weighted by atomic mass is 19.1. The van der Waals surface area contributed by atoms with Crippen molar-refractivity contribution in [3.8, 4) is 16.9 Å². The molecule has 24 heavy (non-hydrogen) atoms. The quantitative estimate of drug-likeness (QED) is 0.775. The predicted molar refractivity (Wildman–Crippen MR) is 90.8 cm³/mol. The minimum atomic E-state index is -0.359. The van der Waals surface area contributed by atoms with Gasteiger partial charge in [0, 0.05) is 0 Å². The number of hydrogen-bond donors (Lipinski definition) is 2. The molecular formula is C19H19FNO3+. The number of aromatic hydroxyl groups is 1. The molecule has 2 aromatic carbocycles. The zero-order valence-corrected chi connectivity index (χ0v) is 13.8. The molecule has 1 aromatic heterocycles. The van der Waals surface area contributed by atoms with E-state index in [9.17, 15) is 14.3 Å². The molecule has 0 unspecified atom stereocenters. The monoisotopic (exact) mass is 328 g/mol. The normalized spacial score (nSPS) is 11.4. The first-order chi connectivity index (χ1) is 11.4.